The number of nitrogens with one attached hydrogen (secondary N) is 1. The third-order valence-electron chi connectivity index (χ3n) is 4.08. The first-order chi connectivity index (χ1) is 12.2. The first kappa shape index (κ1) is 15.1. The van der Waals surface area contributed by atoms with Crippen molar-refractivity contribution in [3.05, 3.63) is 77.9 Å². The van der Waals surface area contributed by atoms with Crippen LogP contribution in [0.2, 0.25) is 0 Å². The molecule has 0 aliphatic heterocycles. The fourth-order valence-electron chi connectivity index (χ4n) is 2.82. The average molecular weight is 332 g/mol. The van der Waals surface area contributed by atoms with Gasteiger partial charge in [0.25, 0.3) is 5.91 Å². The van der Waals surface area contributed by atoms with Crippen molar-refractivity contribution in [1.82, 2.24) is 20.1 Å². The van der Waals surface area contributed by atoms with E-state index in [1.165, 1.54) is 0 Å². The molecule has 4 rings (SSSR count). The van der Waals surface area contributed by atoms with Crippen LogP contribution in [0.1, 0.15) is 21.7 Å². The van der Waals surface area contributed by atoms with Gasteiger partial charge in [0, 0.05) is 41.6 Å². The molecule has 1 amide bonds. The summed E-state index contributed by atoms with van der Waals surface area (Å²) >= 11 is 0. The summed E-state index contributed by atoms with van der Waals surface area (Å²) in [6, 6.07) is 13.2. The largest absolute Gasteiger partial charge is 0.451 e. The summed E-state index contributed by atoms with van der Waals surface area (Å²) in [7, 11) is 0. The van der Waals surface area contributed by atoms with Crippen LogP contribution in [0.25, 0.3) is 16.8 Å². The minimum absolute atomic E-state index is 0.246. The molecule has 0 aliphatic rings. The second kappa shape index (κ2) is 6.24. The number of pyridine rings is 1. The summed E-state index contributed by atoms with van der Waals surface area (Å²) in [5, 5.41) is 8.05. The van der Waals surface area contributed by atoms with Gasteiger partial charge in [0.15, 0.2) is 11.6 Å². The molecule has 0 saturated carbocycles. The SMILES string of the molecule is Cc1c(C(=O)NCc2cccnc2-n2cccn2)oc2ccccc12. The molecule has 1 N–H and O–H groups in total. The highest BCUT2D eigenvalue weighted by Crippen LogP contribution is 2.24. The summed E-state index contributed by atoms with van der Waals surface area (Å²) in [6.45, 7) is 2.22. The highest BCUT2D eigenvalue weighted by atomic mass is 16.3. The summed E-state index contributed by atoms with van der Waals surface area (Å²) in [5.74, 6) is 0.781. The number of hydrogen-bond acceptors (Lipinski definition) is 4. The van der Waals surface area contributed by atoms with Gasteiger partial charge in [0.1, 0.15) is 5.58 Å². The van der Waals surface area contributed by atoms with E-state index in [0.29, 0.717) is 23.7 Å². The van der Waals surface area contributed by atoms with Crippen LogP contribution in [0.5, 0.6) is 0 Å². The van der Waals surface area contributed by atoms with Gasteiger partial charge in [-0.1, -0.05) is 24.3 Å². The van der Waals surface area contributed by atoms with E-state index in [9.17, 15) is 4.79 Å². The Balaban J connectivity index is 1.57. The third-order valence-corrected chi connectivity index (χ3v) is 4.08. The van der Waals surface area contributed by atoms with Crippen LogP contribution in [0, 0.1) is 6.92 Å². The molecule has 0 aliphatic carbocycles. The first-order valence-corrected chi connectivity index (χ1v) is 7.94. The molecular weight excluding hydrogens is 316 g/mol. The molecule has 0 unspecified atom stereocenters. The molecule has 0 radical (unpaired) electrons. The first-order valence-electron chi connectivity index (χ1n) is 7.94. The lowest BCUT2D eigenvalue weighted by atomic mass is 10.1. The Morgan fingerprint density at radius 2 is 2.04 bits per heavy atom. The van der Waals surface area contributed by atoms with E-state index in [4.69, 9.17) is 4.42 Å². The maximum atomic E-state index is 12.6. The molecule has 0 bridgehead atoms. The summed E-state index contributed by atoms with van der Waals surface area (Å²) in [6.07, 6.45) is 5.21. The van der Waals surface area contributed by atoms with Gasteiger partial charge in [-0.25, -0.2) is 9.67 Å². The Morgan fingerprint density at radius 3 is 2.84 bits per heavy atom. The van der Waals surface area contributed by atoms with Gasteiger partial charge < -0.3 is 9.73 Å². The summed E-state index contributed by atoms with van der Waals surface area (Å²) in [4.78, 5) is 16.9. The van der Waals surface area contributed by atoms with Crippen LogP contribution in [0.3, 0.4) is 0 Å². The summed E-state index contributed by atoms with van der Waals surface area (Å²) in [5.41, 5.74) is 2.42. The maximum absolute atomic E-state index is 12.6. The molecule has 3 heterocycles. The van der Waals surface area contributed by atoms with Crippen molar-refractivity contribution < 1.29 is 9.21 Å². The Labute approximate surface area is 144 Å². The van der Waals surface area contributed by atoms with Gasteiger partial charge in [-0.15, -0.1) is 0 Å². The number of hydrogen-bond donors (Lipinski definition) is 1. The lowest BCUT2D eigenvalue weighted by molar-refractivity contribution is 0.0924. The van der Waals surface area contributed by atoms with E-state index in [1.807, 2.05) is 55.6 Å². The number of carbonyl (C=O) groups is 1. The molecule has 0 spiro atoms. The zero-order valence-electron chi connectivity index (χ0n) is 13.6. The highest BCUT2D eigenvalue weighted by molar-refractivity contribution is 5.98. The normalized spacial score (nSPS) is 10.9. The van der Waals surface area contributed by atoms with E-state index >= 15 is 0 Å². The molecule has 0 fully saturated rings. The number of rotatable bonds is 4. The van der Waals surface area contributed by atoms with Crippen LogP contribution in [-0.4, -0.2) is 20.7 Å². The zero-order chi connectivity index (χ0) is 17.2. The predicted molar refractivity (Wildman–Crippen MR) is 93.5 cm³/mol. The summed E-state index contributed by atoms with van der Waals surface area (Å²) < 4.78 is 7.38. The quantitative estimate of drug-likeness (QED) is 0.622. The van der Waals surface area contributed by atoms with E-state index in [-0.39, 0.29) is 5.91 Å². The van der Waals surface area contributed by atoms with Crippen LogP contribution in [0.4, 0.5) is 0 Å². The average Bonchev–Trinajstić information content (AvgIpc) is 3.29. The van der Waals surface area contributed by atoms with Crippen LogP contribution < -0.4 is 5.32 Å². The fourth-order valence-corrected chi connectivity index (χ4v) is 2.82. The number of amides is 1. The highest BCUT2D eigenvalue weighted by Gasteiger charge is 2.17. The number of furan rings is 1. The topological polar surface area (TPSA) is 73.0 Å². The monoisotopic (exact) mass is 332 g/mol. The number of aryl methyl sites for hydroxylation is 1. The number of carbonyl (C=O) groups excluding carboxylic acids is 1. The van der Waals surface area contributed by atoms with Crippen molar-refractivity contribution in [2.75, 3.05) is 0 Å². The van der Waals surface area contributed by atoms with Crippen molar-refractivity contribution in [2.24, 2.45) is 0 Å². The Kier molecular flexibility index (Phi) is 3.78. The molecule has 3 aromatic heterocycles. The second-order valence-electron chi connectivity index (χ2n) is 5.67. The minimum atomic E-state index is -0.246. The van der Waals surface area contributed by atoms with E-state index < -0.39 is 0 Å². The molecule has 1 aromatic carbocycles. The minimum Gasteiger partial charge on any atom is -0.451 e. The van der Waals surface area contributed by atoms with Gasteiger partial charge in [-0.3, -0.25) is 4.79 Å². The van der Waals surface area contributed by atoms with Crippen molar-refractivity contribution >= 4 is 16.9 Å². The van der Waals surface area contributed by atoms with E-state index in [1.54, 1.807) is 17.1 Å². The molecule has 25 heavy (non-hydrogen) atoms. The number of para-hydroxylation sites is 1. The van der Waals surface area contributed by atoms with Gasteiger partial charge in [-0.05, 0) is 25.1 Å². The van der Waals surface area contributed by atoms with Crippen molar-refractivity contribution in [3.8, 4) is 5.82 Å². The second-order valence-corrected chi connectivity index (χ2v) is 5.67. The molecule has 6 heteroatoms. The van der Waals surface area contributed by atoms with Crippen LogP contribution >= 0.6 is 0 Å². The molecular formula is C19H16N4O2. The molecule has 124 valence electrons. The van der Waals surface area contributed by atoms with E-state index in [0.717, 1.165) is 16.5 Å². The number of fused-ring (bicyclic) bond motifs is 1. The van der Waals surface area contributed by atoms with Gasteiger partial charge in [0.2, 0.25) is 0 Å². The Morgan fingerprint density at radius 1 is 1.16 bits per heavy atom. The number of aromatic nitrogens is 3. The zero-order valence-corrected chi connectivity index (χ0v) is 13.6. The Bertz CT molecular complexity index is 1030. The predicted octanol–water partition coefficient (Wildman–Crippen LogP) is 3.25. The smallest absolute Gasteiger partial charge is 0.287 e. The van der Waals surface area contributed by atoms with Crippen molar-refractivity contribution in [2.45, 2.75) is 13.5 Å². The standard InChI is InChI=1S/C19H16N4O2/c1-13-15-7-2-3-8-16(15)25-17(13)19(24)21-12-14-6-4-9-20-18(14)23-11-5-10-22-23/h2-11H,12H2,1H3,(H,21,24). The number of nitrogens with zero attached hydrogens (tertiary/aromatic N) is 3. The van der Waals surface area contributed by atoms with Gasteiger partial charge >= 0.3 is 0 Å². The molecule has 4 aromatic rings. The third kappa shape index (κ3) is 2.78. The molecule has 6 nitrogen and oxygen atoms in total. The molecule has 0 atom stereocenters. The molecule has 0 saturated heterocycles. The van der Waals surface area contributed by atoms with Crippen molar-refractivity contribution in [3.63, 3.8) is 0 Å². The Hall–Kier alpha value is -3.41. The van der Waals surface area contributed by atoms with E-state index in [2.05, 4.69) is 15.4 Å². The van der Waals surface area contributed by atoms with Crippen LogP contribution in [0.15, 0.2) is 65.5 Å². The van der Waals surface area contributed by atoms with Gasteiger partial charge in [-0.2, -0.15) is 5.10 Å². The maximum Gasteiger partial charge on any atom is 0.287 e. The lowest BCUT2D eigenvalue weighted by Gasteiger charge is -2.09. The van der Waals surface area contributed by atoms with Crippen LogP contribution in [-0.2, 0) is 6.54 Å². The van der Waals surface area contributed by atoms with Gasteiger partial charge in [0.05, 0.1) is 0 Å². The van der Waals surface area contributed by atoms with Crippen molar-refractivity contribution in [1.29, 1.82) is 0 Å². The number of benzene rings is 1. The lowest BCUT2D eigenvalue weighted by Crippen LogP contribution is -2.24. The fraction of sp³-hybridized carbons (Fsp3) is 0.105.